The van der Waals surface area contributed by atoms with Crippen molar-refractivity contribution in [3.63, 3.8) is 0 Å². The lowest BCUT2D eigenvalue weighted by Crippen LogP contribution is -2.54. The quantitative estimate of drug-likeness (QED) is 0.196. The molecule has 0 spiro atoms. The monoisotopic (exact) mass is 699 g/mol. The summed E-state index contributed by atoms with van der Waals surface area (Å²) in [7, 11) is -3.03. The minimum Gasteiger partial charge on any atom is -0.493 e. The summed E-state index contributed by atoms with van der Waals surface area (Å²) in [6.45, 7) is 9.40. The topological polar surface area (TPSA) is 106 Å². The van der Waals surface area contributed by atoms with E-state index in [1.54, 1.807) is 35.2 Å². The third-order valence-corrected chi connectivity index (χ3v) is 9.94. The highest BCUT2D eigenvalue weighted by Gasteiger charge is 2.34. The molecule has 1 saturated heterocycles. The van der Waals surface area contributed by atoms with Crippen molar-refractivity contribution in [1.29, 1.82) is 5.26 Å². The van der Waals surface area contributed by atoms with Crippen molar-refractivity contribution in [2.45, 2.75) is 45.7 Å². The highest BCUT2D eigenvalue weighted by Crippen LogP contribution is 2.34. The number of rotatable bonds is 11. The van der Waals surface area contributed by atoms with Crippen molar-refractivity contribution in [3.8, 4) is 11.8 Å². The summed E-state index contributed by atoms with van der Waals surface area (Å²) in [6, 6.07) is 14.6. The number of nitrogens with zero attached hydrogens (tertiary/aromatic N) is 5. The molecule has 0 N–H and O–H groups in total. The van der Waals surface area contributed by atoms with Crippen molar-refractivity contribution in [3.05, 3.63) is 87.4 Å². The molecule has 1 fully saturated rings. The third kappa shape index (κ3) is 10.3. The first-order chi connectivity index (χ1) is 22.3. The number of hydrogen-bond donors (Lipinski definition) is 0. The number of nitriles is 1. The van der Waals surface area contributed by atoms with E-state index in [1.165, 1.54) is 6.26 Å². The van der Waals surface area contributed by atoms with E-state index in [0.29, 0.717) is 84.9 Å². The standard InChI is InChI=1S/C35H43Cl2N5O4S/c1-5-46-32-23-27(24-38)9-16-31(32)33(39-35(2,3)28-10-14-30(37)15-11-28)42(25-26-7-12-29(36)13-8-26)34(43)41-20-18-40(19-21-41)17-6-22-47(4,44)45/h7-10,12-16,23,28H,5-6,11,17-22,25H2,1-4H3/b39-33-. The molecule has 1 heterocycles. The van der Waals surface area contributed by atoms with Crippen LogP contribution in [0.4, 0.5) is 4.79 Å². The number of piperazine rings is 1. The van der Waals surface area contributed by atoms with E-state index in [-0.39, 0.29) is 24.2 Å². The second-order valence-electron chi connectivity index (χ2n) is 12.4. The van der Waals surface area contributed by atoms with Gasteiger partial charge in [-0.2, -0.15) is 5.26 Å². The molecular weight excluding hydrogens is 657 g/mol. The fraction of sp³-hybridized carbons (Fsp3) is 0.457. The Hall–Kier alpha value is -3.36. The number of urea groups is 1. The molecule has 9 nitrogen and oxygen atoms in total. The van der Waals surface area contributed by atoms with Gasteiger partial charge in [-0.3, -0.25) is 14.8 Å². The predicted octanol–water partition coefficient (Wildman–Crippen LogP) is 6.51. The molecule has 2 amide bonds. The van der Waals surface area contributed by atoms with Crippen LogP contribution in [0.5, 0.6) is 5.75 Å². The zero-order valence-corrected chi connectivity index (χ0v) is 29.8. The van der Waals surface area contributed by atoms with Crippen LogP contribution in [0.25, 0.3) is 0 Å². The number of amides is 2. The maximum Gasteiger partial charge on any atom is 0.326 e. The van der Waals surface area contributed by atoms with E-state index in [4.69, 9.17) is 32.9 Å². The number of ether oxygens (including phenoxy) is 1. The first kappa shape index (κ1) is 36.5. The first-order valence-corrected chi connectivity index (χ1v) is 18.6. The lowest BCUT2D eigenvalue weighted by Gasteiger charge is -2.39. The van der Waals surface area contributed by atoms with Gasteiger partial charge >= 0.3 is 6.03 Å². The zero-order valence-electron chi connectivity index (χ0n) is 27.5. The molecule has 2 aliphatic rings. The highest BCUT2D eigenvalue weighted by molar-refractivity contribution is 7.90. The smallest absolute Gasteiger partial charge is 0.326 e. The van der Waals surface area contributed by atoms with Gasteiger partial charge in [0.2, 0.25) is 0 Å². The van der Waals surface area contributed by atoms with Gasteiger partial charge in [0.15, 0.2) is 0 Å². The van der Waals surface area contributed by atoms with Crippen molar-refractivity contribution in [1.82, 2.24) is 14.7 Å². The number of carbonyl (C=O) groups excluding carboxylic acids is 1. The Morgan fingerprint density at radius 3 is 2.43 bits per heavy atom. The van der Waals surface area contributed by atoms with Crippen LogP contribution >= 0.6 is 23.2 Å². The summed E-state index contributed by atoms with van der Waals surface area (Å²) < 4.78 is 29.3. The average molecular weight is 701 g/mol. The summed E-state index contributed by atoms with van der Waals surface area (Å²) in [5.74, 6) is 1.05. The van der Waals surface area contributed by atoms with Crippen molar-refractivity contribution < 1.29 is 17.9 Å². The van der Waals surface area contributed by atoms with E-state index < -0.39 is 15.4 Å². The van der Waals surface area contributed by atoms with Crippen molar-refractivity contribution in [2.24, 2.45) is 10.9 Å². The molecule has 2 aromatic carbocycles. The van der Waals surface area contributed by atoms with Crippen LogP contribution in [-0.2, 0) is 16.4 Å². The van der Waals surface area contributed by atoms with Crippen LogP contribution in [-0.4, -0.2) is 91.9 Å². The molecule has 0 aromatic heterocycles. The Kier molecular flexibility index (Phi) is 12.5. The van der Waals surface area contributed by atoms with E-state index in [0.717, 1.165) is 5.56 Å². The molecular formula is C35H43Cl2N5O4S. The van der Waals surface area contributed by atoms with Crippen molar-refractivity contribution in [2.75, 3.05) is 51.3 Å². The minimum atomic E-state index is -3.03. The summed E-state index contributed by atoms with van der Waals surface area (Å²) in [5, 5.41) is 10.9. The second kappa shape index (κ2) is 16.2. The highest BCUT2D eigenvalue weighted by atomic mass is 35.5. The Balaban J connectivity index is 1.76. The van der Waals surface area contributed by atoms with E-state index >= 15 is 0 Å². The predicted molar refractivity (Wildman–Crippen MR) is 189 cm³/mol. The van der Waals surface area contributed by atoms with Gasteiger partial charge < -0.3 is 9.64 Å². The van der Waals surface area contributed by atoms with Gasteiger partial charge in [-0.15, -0.1) is 0 Å². The molecule has 1 atom stereocenters. The molecule has 0 radical (unpaired) electrons. The van der Waals surface area contributed by atoms with Crippen LogP contribution in [0.1, 0.15) is 50.3 Å². The number of carbonyl (C=O) groups is 1. The lowest BCUT2D eigenvalue weighted by molar-refractivity contribution is 0.125. The Morgan fingerprint density at radius 1 is 1.13 bits per heavy atom. The van der Waals surface area contributed by atoms with Crippen LogP contribution in [0, 0.1) is 17.2 Å². The van der Waals surface area contributed by atoms with E-state index in [2.05, 4.69) is 17.0 Å². The van der Waals surface area contributed by atoms with Gasteiger partial charge in [-0.1, -0.05) is 47.5 Å². The van der Waals surface area contributed by atoms with Crippen LogP contribution in [0.15, 0.2) is 70.7 Å². The van der Waals surface area contributed by atoms with Crippen LogP contribution in [0.2, 0.25) is 5.02 Å². The Bertz CT molecular complexity index is 1660. The second-order valence-corrected chi connectivity index (χ2v) is 15.6. The van der Waals surface area contributed by atoms with Crippen molar-refractivity contribution >= 4 is 44.9 Å². The number of hydrogen-bond acceptors (Lipinski definition) is 7. The molecule has 1 aliphatic carbocycles. The molecule has 1 aliphatic heterocycles. The molecule has 2 aromatic rings. The summed E-state index contributed by atoms with van der Waals surface area (Å²) >= 11 is 12.5. The molecule has 4 rings (SSSR count). The van der Waals surface area contributed by atoms with Gasteiger partial charge in [0.05, 0.1) is 41.6 Å². The lowest BCUT2D eigenvalue weighted by atomic mass is 9.83. The van der Waals surface area contributed by atoms with Crippen LogP contribution < -0.4 is 4.74 Å². The van der Waals surface area contributed by atoms with E-state index in [9.17, 15) is 18.5 Å². The number of allylic oxidation sites excluding steroid dienone is 3. The van der Waals surface area contributed by atoms with Gasteiger partial charge in [0.25, 0.3) is 0 Å². The molecule has 252 valence electrons. The van der Waals surface area contributed by atoms with Gasteiger partial charge in [-0.25, -0.2) is 13.2 Å². The molecule has 0 saturated carbocycles. The third-order valence-electron chi connectivity index (χ3n) is 8.38. The first-order valence-electron chi connectivity index (χ1n) is 15.8. The normalized spacial score (nSPS) is 17.6. The average Bonchev–Trinajstić information content (AvgIpc) is 3.03. The molecule has 0 bridgehead atoms. The fourth-order valence-electron chi connectivity index (χ4n) is 5.68. The SMILES string of the molecule is CCOc1cc(C#N)ccc1/C(=N/C(C)(C)C1C=CC(Cl)=CC1)N(Cc1ccc(Cl)cc1)C(=O)N1CCN(CCCS(C)(=O)=O)CC1. The van der Waals surface area contributed by atoms with Gasteiger partial charge in [0, 0.05) is 48.4 Å². The minimum absolute atomic E-state index is 0.0110. The largest absolute Gasteiger partial charge is 0.493 e. The number of halogens is 2. The number of amidine groups is 1. The summed E-state index contributed by atoms with van der Waals surface area (Å²) in [6.07, 6.45) is 8.41. The maximum absolute atomic E-state index is 14.6. The van der Waals surface area contributed by atoms with Gasteiger partial charge in [-0.05, 0) is 82.1 Å². The number of benzene rings is 2. The number of aliphatic imine (C=N–C) groups is 1. The number of sulfone groups is 1. The van der Waals surface area contributed by atoms with Gasteiger partial charge in [0.1, 0.15) is 21.4 Å². The zero-order chi connectivity index (χ0) is 34.2. The molecule has 12 heteroatoms. The summed E-state index contributed by atoms with van der Waals surface area (Å²) in [4.78, 5) is 25.7. The molecule has 1 unspecified atom stereocenters. The van der Waals surface area contributed by atoms with Crippen LogP contribution in [0.3, 0.4) is 0 Å². The van der Waals surface area contributed by atoms with E-state index in [1.807, 2.05) is 50.0 Å². The maximum atomic E-state index is 14.6. The Labute approximate surface area is 289 Å². The Morgan fingerprint density at radius 2 is 1.83 bits per heavy atom. The fourth-order valence-corrected chi connectivity index (χ4v) is 6.62. The molecule has 47 heavy (non-hydrogen) atoms. The summed E-state index contributed by atoms with van der Waals surface area (Å²) in [5.41, 5.74) is 1.25.